The number of piperidine rings is 1. The number of phenolic OH excluding ortho intramolecular Hbond substituents is 1. The summed E-state index contributed by atoms with van der Waals surface area (Å²) in [6, 6.07) is 14.5. The lowest BCUT2D eigenvalue weighted by atomic mass is 9.87. The van der Waals surface area contributed by atoms with Crippen molar-refractivity contribution in [1.82, 2.24) is 9.62 Å². The minimum absolute atomic E-state index is 0.0128. The van der Waals surface area contributed by atoms with Crippen molar-refractivity contribution in [3.8, 4) is 5.75 Å². The third kappa shape index (κ3) is 5.62. The molecule has 30 heavy (non-hydrogen) atoms. The molecule has 3 rings (SSSR count). The molecule has 0 amide bonds. The summed E-state index contributed by atoms with van der Waals surface area (Å²) in [7, 11) is -3.56. The van der Waals surface area contributed by atoms with E-state index in [-0.39, 0.29) is 17.2 Å². The smallest absolute Gasteiger partial charge is 0.243 e. The summed E-state index contributed by atoms with van der Waals surface area (Å²) in [5, 5.41) is 12.8. The molecule has 2 aromatic rings. The number of sulfonamides is 1. The van der Waals surface area contributed by atoms with Crippen LogP contribution < -0.4 is 5.32 Å². The number of nitrogens with zero attached hydrogens (tertiary/aromatic N) is 1. The first kappa shape index (κ1) is 22.8. The van der Waals surface area contributed by atoms with Gasteiger partial charge in [0.1, 0.15) is 5.75 Å². The molecular weight excluding hydrogens is 396 g/mol. The minimum Gasteiger partial charge on any atom is -0.508 e. The van der Waals surface area contributed by atoms with Crippen molar-refractivity contribution in [1.29, 1.82) is 0 Å². The maximum atomic E-state index is 13.6. The SMILES string of the molecule is CC(C)(C)c1ccc(S(=O)(=O)N(CCCc2ccc(O)cc2)C2CCNCC2)cc1. The van der Waals surface area contributed by atoms with E-state index in [1.807, 2.05) is 24.3 Å². The van der Waals surface area contributed by atoms with Crippen LogP contribution in [-0.4, -0.2) is 43.5 Å². The second-order valence-corrected chi connectivity index (χ2v) is 11.0. The van der Waals surface area contributed by atoms with E-state index < -0.39 is 10.0 Å². The Morgan fingerprint density at radius 1 is 1.00 bits per heavy atom. The second kappa shape index (κ2) is 9.50. The third-order valence-corrected chi connectivity index (χ3v) is 7.79. The number of aromatic hydroxyl groups is 1. The van der Waals surface area contributed by atoms with Crippen molar-refractivity contribution in [3.05, 3.63) is 59.7 Å². The van der Waals surface area contributed by atoms with E-state index in [0.29, 0.717) is 11.4 Å². The van der Waals surface area contributed by atoms with Crippen molar-refractivity contribution in [3.63, 3.8) is 0 Å². The zero-order valence-corrected chi connectivity index (χ0v) is 19.1. The summed E-state index contributed by atoms with van der Waals surface area (Å²) in [6.07, 6.45) is 3.19. The summed E-state index contributed by atoms with van der Waals surface area (Å²) in [5.74, 6) is 0.247. The molecule has 0 aliphatic carbocycles. The number of hydrogen-bond donors (Lipinski definition) is 2. The van der Waals surface area contributed by atoms with Crippen molar-refractivity contribution in [2.24, 2.45) is 0 Å². The molecular formula is C24H34N2O3S. The lowest BCUT2D eigenvalue weighted by Gasteiger charge is -2.34. The van der Waals surface area contributed by atoms with Crippen LogP contribution in [0.25, 0.3) is 0 Å². The Labute approximate surface area is 181 Å². The normalized spacial score (nSPS) is 16.1. The summed E-state index contributed by atoms with van der Waals surface area (Å²) in [4.78, 5) is 0.374. The van der Waals surface area contributed by atoms with Gasteiger partial charge < -0.3 is 10.4 Å². The summed E-state index contributed by atoms with van der Waals surface area (Å²) < 4.78 is 28.8. The Balaban J connectivity index is 1.78. The molecule has 6 heteroatoms. The molecule has 0 saturated carbocycles. The van der Waals surface area contributed by atoms with Gasteiger partial charge in [-0.25, -0.2) is 8.42 Å². The molecule has 5 nitrogen and oxygen atoms in total. The Morgan fingerprint density at radius 2 is 1.60 bits per heavy atom. The molecule has 1 fully saturated rings. The molecule has 0 spiro atoms. The fraction of sp³-hybridized carbons (Fsp3) is 0.500. The van der Waals surface area contributed by atoms with Crippen LogP contribution in [0.4, 0.5) is 0 Å². The van der Waals surface area contributed by atoms with Crippen molar-refractivity contribution in [2.75, 3.05) is 19.6 Å². The average Bonchev–Trinajstić information content (AvgIpc) is 2.72. The standard InChI is InChI=1S/C24H34N2O3S/c1-24(2,3)20-8-12-23(13-9-20)30(28,29)26(21-14-16-25-17-15-21)18-4-5-19-6-10-22(27)11-7-19/h6-13,21,25,27H,4-5,14-18H2,1-3H3. The van der Waals surface area contributed by atoms with Crippen LogP contribution >= 0.6 is 0 Å². The van der Waals surface area contributed by atoms with Crippen molar-refractivity contribution < 1.29 is 13.5 Å². The van der Waals surface area contributed by atoms with E-state index in [1.54, 1.807) is 28.6 Å². The van der Waals surface area contributed by atoms with Gasteiger partial charge in [0.25, 0.3) is 0 Å². The van der Waals surface area contributed by atoms with E-state index in [2.05, 4.69) is 26.1 Å². The monoisotopic (exact) mass is 430 g/mol. The van der Waals surface area contributed by atoms with E-state index >= 15 is 0 Å². The fourth-order valence-corrected chi connectivity index (χ4v) is 5.68. The van der Waals surface area contributed by atoms with Gasteiger partial charge in [-0.2, -0.15) is 4.31 Å². The van der Waals surface area contributed by atoms with Crippen LogP contribution in [-0.2, 0) is 21.9 Å². The van der Waals surface area contributed by atoms with Gasteiger partial charge in [0, 0.05) is 12.6 Å². The van der Waals surface area contributed by atoms with Gasteiger partial charge in [0.05, 0.1) is 4.90 Å². The van der Waals surface area contributed by atoms with Gasteiger partial charge in [-0.1, -0.05) is 45.0 Å². The van der Waals surface area contributed by atoms with Crippen LogP contribution in [0.3, 0.4) is 0 Å². The lowest BCUT2D eigenvalue weighted by Crippen LogP contribution is -2.46. The van der Waals surface area contributed by atoms with Crippen LogP contribution in [0, 0.1) is 0 Å². The molecule has 0 unspecified atom stereocenters. The third-order valence-electron chi connectivity index (χ3n) is 5.82. The average molecular weight is 431 g/mol. The van der Waals surface area contributed by atoms with E-state index in [9.17, 15) is 13.5 Å². The quantitative estimate of drug-likeness (QED) is 0.695. The molecule has 164 valence electrons. The first-order chi connectivity index (χ1) is 14.2. The molecule has 0 atom stereocenters. The Bertz CT molecular complexity index is 910. The zero-order chi connectivity index (χ0) is 21.8. The molecule has 2 aromatic carbocycles. The molecule has 0 radical (unpaired) electrons. The van der Waals surface area contributed by atoms with Crippen LogP contribution in [0.5, 0.6) is 5.75 Å². The highest BCUT2D eigenvalue weighted by molar-refractivity contribution is 7.89. The molecule has 1 aliphatic heterocycles. The number of hydrogen-bond acceptors (Lipinski definition) is 4. The highest BCUT2D eigenvalue weighted by atomic mass is 32.2. The predicted molar refractivity (Wildman–Crippen MR) is 121 cm³/mol. The molecule has 0 bridgehead atoms. The number of rotatable bonds is 7. The Morgan fingerprint density at radius 3 is 2.17 bits per heavy atom. The molecule has 0 aromatic heterocycles. The second-order valence-electron chi connectivity index (χ2n) is 9.14. The van der Waals surface area contributed by atoms with Gasteiger partial charge in [-0.3, -0.25) is 0 Å². The predicted octanol–water partition coefficient (Wildman–Crippen LogP) is 4.07. The number of phenols is 1. The van der Waals surface area contributed by atoms with Gasteiger partial charge >= 0.3 is 0 Å². The Hall–Kier alpha value is -1.89. The minimum atomic E-state index is -3.56. The summed E-state index contributed by atoms with van der Waals surface area (Å²) >= 11 is 0. The topological polar surface area (TPSA) is 69.6 Å². The van der Waals surface area contributed by atoms with Gasteiger partial charge in [-0.05, 0) is 79.6 Å². The number of nitrogens with one attached hydrogen (secondary N) is 1. The maximum Gasteiger partial charge on any atom is 0.243 e. The van der Waals surface area contributed by atoms with E-state index in [0.717, 1.165) is 49.9 Å². The first-order valence-corrected chi connectivity index (χ1v) is 12.2. The highest BCUT2D eigenvalue weighted by Crippen LogP contribution is 2.27. The Kier molecular flexibility index (Phi) is 7.22. The molecule has 1 aliphatic rings. The van der Waals surface area contributed by atoms with Gasteiger partial charge in [0.2, 0.25) is 10.0 Å². The molecule has 2 N–H and O–H groups in total. The zero-order valence-electron chi connectivity index (χ0n) is 18.3. The van der Waals surface area contributed by atoms with Crippen LogP contribution in [0.15, 0.2) is 53.4 Å². The summed E-state index contributed by atoms with van der Waals surface area (Å²) in [5.41, 5.74) is 2.22. The highest BCUT2D eigenvalue weighted by Gasteiger charge is 2.32. The van der Waals surface area contributed by atoms with Gasteiger partial charge in [-0.15, -0.1) is 0 Å². The van der Waals surface area contributed by atoms with Crippen LogP contribution in [0.1, 0.15) is 51.2 Å². The fourth-order valence-electron chi connectivity index (χ4n) is 3.96. The lowest BCUT2D eigenvalue weighted by molar-refractivity contribution is 0.260. The van der Waals surface area contributed by atoms with Crippen LogP contribution in [0.2, 0.25) is 0 Å². The maximum absolute atomic E-state index is 13.6. The number of aryl methyl sites for hydroxylation is 1. The van der Waals surface area contributed by atoms with Crippen molar-refractivity contribution >= 4 is 10.0 Å². The molecule has 1 saturated heterocycles. The first-order valence-electron chi connectivity index (χ1n) is 10.8. The van der Waals surface area contributed by atoms with E-state index in [4.69, 9.17) is 0 Å². The van der Waals surface area contributed by atoms with E-state index in [1.165, 1.54) is 0 Å². The van der Waals surface area contributed by atoms with Gasteiger partial charge in [0.15, 0.2) is 0 Å². The summed E-state index contributed by atoms with van der Waals surface area (Å²) in [6.45, 7) is 8.56. The van der Waals surface area contributed by atoms with Crippen molar-refractivity contribution in [2.45, 2.75) is 62.8 Å². The number of benzene rings is 2. The molecule has 1 heterocycles. The largest absolute Gasteiger partial charge is 0.508 e.